The molecule has 0 aliphatic carbocycles. The van der Waals surface area contributed by atoms with Crippen molar-refractivity contribution < 1.29 is 19.0 Å². The minimum atomic E-state index is -0.0646. The standard InChI is InChI=1S/C22H21ClN2O4S/c1-27-17-4-2-15(3-5-17)22-25-16(13-30-22)12-20(26)24-7-6-14-10-18(23)21-19(11-14)28-8-9-29-21/h2-5,10-11,13H,6-9,12H2,1H3,(H,24,26). The van der Waals surface area contributed by atoms with Gasteiger partial charge in [-0.3, -0.25) is 4.79 Å². The second-order valence-electron chi connectivity index (χ2n) is 6.75. The van der Waals surface area contributed by atoms with E-state index in [2.05, 4.69) is 10.3 Å². The highest BCUT2D eigenvalue weighted by atomic mass is 35.5. The molecule has 2 heterocycles. The van der Waals surface area contributed by atoms with Gasteiger partial charge in [-0.2, -0.15) is 0 Å². The number of ether oxygens (including phenoxy) is 3. The smallest absolute Gasteiger partial charge is 0.226 e. The highest BCUT2D eigenvalue weighted by Crippen LogP contribution is 2.38. The van der Waals surface area contributed by atoms with E-state index in [1.807, 2.05) is 41.8 Å². The molecule has 1 N–H and O–H groups in total. The summed E-state index contributed by atoms with van der Waals surface area (Å²) < 4.78 is 16.3. The molecule has 6 nitrogen and oxygen atoms in total. The number of amides is 1. The largest absolute Gasteiger partial charge is 0.497 e. The number of nitrogens with one attached hydrogen (secondary N) is 1. The Labute approximate surface area is 183 Å². The Kier molecular flexibility index (Phi) is 6.40. The summed E-state index contributed by atoms with van der Waals surface area (Å²) in [6, 6.07) is 11.5. The summed E-state index contributed by atoms with van der Waals surface area (Å²) in [7, 11) is 1.64. The summed E-state index contributed by atoms with van der Waals surface area (Å²) in [6.45, 7) is 1.51. The zero-order valence-corrected chi connectivity index (χ0v) is 18.0. The minimum Gasteiger partial charge on any atom is -0.497 e. The quantitative estimate of drug-likeness (QED) is 0.593. The Hall–Kier alpha value is -2.77. The highest BCUT2D eigenvalue weighted by molar-refractivity contribution is 7.13. The van der Waals surface area contributed by atoms with E-state index in [-0.39, 0.29) is 12.3 Å². The zero-order valence-electron chi connectivity index (χ0n) is 16.4. The maximum absolute atomic E-state index is 12.3. The van der Waals surface area contributed by atoms with Gasteiger partial charge in [0, 0.05) is 17.5 Å². The molecular weight excluding hydrogens is 424 g/mol. The Balaban J connectivity index is 1.29. The third-order valence-electron chi connectivity index (χ3n) is 4.62. The summed E-state index contributed by atoms with van der Waals surface area (Å²) in [5.41, 5.74) is 2.74. The van der Waals surface area contributed by atoms with Crippen molar-refractivity contribution in [2.45, 2.75) is 12.8 Å². The second-order valence-corrected chi connectivity index (χ2v) is 8.02. The normalized spacial score (nSPS) is 12.5. The molecule has 1 amide bonds. The van der Waals surface area contributed by atoms with Crippen LogP contribution in [0.25, 0.3) is 10.6 Å². The van der Waals surface area contributed by atoms with Crippen LogP contribution in [0.2, 0.25) is 5.02 Å². The van der Waals surface area contributed by atoms with E-state index < -0.39 is 0 Å². The highest BCUT2D eigenvalue weighted by Gasteiger charge is 2.16. The van der Waals surface area contributed by atoms with Gasteiger partial charge in [-0.15, -0.1) is 11.3 Å². The number of hydrogen-bond donors (Lipinski definition) is 1. The topological polar surface area (TPSA) is 69.7 Å². The van der Waals surface area contributed by atoms with E-state index in [1.54, 1.807) is 7.11 Å². The number of thiazole rings is 1. The van der Waals surface area contributed by atoms with Gasteiger partial charge in [-0.1, -0.05) is 11.6 Å². The fourth-order valence-corrected chi connectivity index (χ4v) is 4.25. The molecule has 3 aromatic rings. The van der Waals surface area contributed by atoms with Crippen LogP contribution in [0.5, 0.6) is 17.2 Å². The van der Waals surface area contributed by atoms with E-state index in [1.165, 1.54) is 11.3 Å². The molecule has 0 unspecified atom stereocenters. The summed E-state index contributed by atoms with van der Waals surface area (Å²) in [5, 5.41) is 6.26. The number of hydrogen-bond acceptors (Lipinski definition) is 6. The molecule has 156 valence electrons. The van der Waals surface area contributed by atoms with Crippen LogP contribution < -0.4 is 19.5 Å². The molecule has 0 atom stereocenters. The summed E-state index contributed by atoms with van der Waals surface area (Å²) >= 11 is 7.78. The predicted octanol–water partition coefficient (Wildman–Crippen LogP) is 4.14. The molecule has 0 radical (unpaired) electrons. The Morgan fingerprint density at radius 2 is 2.03 bits per heavy atom. The fraction of sp³-hybridized carbons (Fsp3) is 0.273. The lowest BCUT2D eigenvalue weighted by Gasteiger charge is -2.20. The number of benzene rings is 2. The second kappa shape index (κ2) is 9.36. The van der Waals surface area contributed by atoms with Gasteiger partial charge in [0.2, 0.25) is 5.91 Å². The summed E-state index contributed by atoms with van der Waals surface area (Å²) in [5.74, 6) is 1.98. The number of fused-ring (bicyclic) bond motifs is 1. The first-order chi connectivity index (χ1) is 14.6. The molecule has 1 aromatic heterocycles. The first kappa shape index (κ1) is 20.5. The van der Waals surface area contributed by atoms with E-state index in [0.29, 0.717) is 42.7 Å². The van der Waals surface area contributed by atoms with Crippen LogP contribution >= 0.6 is 22.9 Å². The van der Waals surface area contributed by atoms with Crippen molar-refractivity contribution in [3.63, 3.8) is 0 Å². The molecule has 30 heavy (non-hydrogen) atoms. The molecule has 8 heteroatoms. The van der Waals surface area contributed by atoms with Gasteiger partial charge in [0.05, 0.1) is 24.2 Å². The van der Waals surface area contributed by atoms with Crippen molar-refractivity contribution >= 4 is 28.8 Å². The minimum absolute atomic E-state index is 0.0646. The molecular formula is C22H21ClN2O4S. The number of carbonyl (C=O) groups is 1. The van der Waals surface area contributed by atoms with Gasteiger partial charge in [0.15, 0.2) is 11.5 Å². The zero-order chi connectivity index (χ0) is 20.9. The van der Waals surface area contributed by atoms with Crippen molar-refractivity contribution in [2.24, 2.45) is 0 Å². The molecule has 0 bridgehead atoms. The molecule has 2 aromatic carbocycles. The number of methoxy groups -OCH3 is 1. The molecule has 1 aliphatic heterocycles. The maximum atomic E-state index is 12.3. The Morgan fingerprint density at radius 1 is 1.23 bits per heavy atom. The predicted molar refractivity (Wildman–Crippen MR) is 117 cm³/mol. The molecule has 0 fully saturated rings. The molecule has 0 spiro atoms. The first-order valence-electron chi connectivity index (χ1n) is 9.56. The lowest BCUT2D eigenvalue weighted by molar-refractivity contribution is -0.120. The van der Waals surface area contributed by atoms with E-state index in [9.17, 15) is 4.79 Å². The van der Waals surface area contributed by atoms with Crippen LogP contribution in [0, 0.1) is 0 Å². The van der Waals surface area contributed by atoms with Gasteiger partial charge >= 0.3 is 0 Å². The van der Waals surface area contributed by atoms with E-state index in [4.69, 9.17) is 25.8 Å². The summed E-state index contributed by atoms with van der Waals surface area (Å²) in [4.78, 5) is 16.9. The molecule has 0 saturated carbocycles. The van der Waals surface area contributed by atoms with Gasteiger partial charge in [0.1, 0.15) is 24.0 Å². The number of rotatable bonds is 7. The van der Waals surface area contributed by atoms with Gasteiger partial charge in [0.25, 0.3) is 0 Å². The summed E-state index contributed by atoms with van der Waals surface area (Å²) in [6.07, 6.45) is 0.894. The lowest BCUT2D eigenvalue weighted by Crippen LogP contribution is -2.27. The fourth-order valence-electron chi connectivity index (χ4n) is 3.14. The third-order valence-corrected chi connectivity index (χ3v) is 5.84. The van der Waals surface area contributed by atoms with Gasteiger partial charge in [-0.05, 0) is 48.4 Å². The van der Waals surface area contributed by atoms with Crippen LogP contribution in [-0.4, -0.2) is 37.8 Å². The van der Waals surface area contributed by atoms with Crippen LogP contribution in [0.1, 0.15) is 11.3 Å². The van der Waals surface area contributed by atoms with E-state index in [0.717, 1.165) is 27.6 Å². The number of carbonyl (C=O) groups excluding carboxylic acids is 1. The average Bonchev–Trinajstić information content (AvgIpc) is 3.22. The van der Waals surface area contributed by atoms with Crippen LogP contribution in [0.3, 0.4) is 0 Å². The van der Waals surface area contributed by atoms with Crippen molar-refractivity contribution in [3.8, 4) is 27.8 Å². The van der Waals surface area contributed by atoms with Crippen LogP contribution in [0.15, 0.2) is 41.8 Å². The van der Waals surface area contributed by atoms with Gasteiger partial charge in [-0.25, -0.2) is 4.98 Å². The van der Waals surface area contributed by atoms with Crippen LogP contribution in [-0.2, 0) is 17.6 Å². The van der Waals surface area contributed by atoms with Crippen LogP contribution in [0.4, 0.5) is 0 Å². The van der Waals surface area contributed by atoms with Crippen molar-refractivity contribution in [3.05, 3.63) is 58.1 Å². The Bertz CT molecular complexity index is 1040. The SMILES string of the molecule is COc1ccc(-c2nc(CC(=O)NCCc3cc(Cl)c4c(c3)OCCO4)cs2)cc1. The number of aromatic nitrogens is 1. The van der Waals surface area contributed by atoms with Crippen molar-refractivity contribution in [1.29, 1.82) is 0 Å². The van der Waals surface area contributed by atoms with Gasteiger partial charge < -0.3 is 19.5 Å². The average molecular weight is 445 g/mol. The Morgan fingerprint density at radius 3 is 2.83 bits per heavy atom. The van der Waals surface area contributed by atoms with E-state index >= 15 is 0 Å². The van der Waals surface area contributed by atoms with Crippen molar-refractivity contribution in [1.82, 2.24) is 10.3 Å². The number of halogens is 1. The molecule has 1 aliphatic rings. The number of nitrogens with zero attached hydrogens (tertiary/aromatic N) is 1. The molecule has 0 saturated heterocycles. The molecule has 4 rings (SSSR count). The van der Waals surface area contributed by atoms with Crippen molar-refractivity contribution in [2.75, 3.05) is 26.9 Å². The third kappa shape index (κ3) is 4.86. The maximum Gasteiger partial charge on any atom is 0.226 e. The first-order valence-corrected chi connectivity index (χ1v) is 10.8. The lowest BCUT2D eigenvalue weighted by atomic mass is 10.1. The monoisotopic (exact) mass is 444 g/mol.